The fourth-order valence-corrected chi connectivity index (χ4v) is 4.39. The van der Waals surface area contributed by atoms with E-state index in [9.17, 15) is 5.11 Å². The van der Waals surface area contributed by atoms with Crippen LogP contribution in [0.15, 0.2) is 0 Å². The molecule has 1 radical (unpaired) electrons. The normalized spacial score (nSPS) is 16.7. The summed E-state index contributed by atoms with van der Waals surface area (Å²) < 4.78 is 5.55. The van der Waals surface area contributed by atoms with Crippen molar-refractivity contribution in [3.63, 3.8) is 0 Å². The molecule has 0 N–H and O–H groups in total. The molecule has 0 saturated heterocycles. The molecule has 27 heavy (non-hydrogen) atoms. The van der Waals surface area contributed by atoms with E-state index in [0.717, 1.165) is 19.3 Å². The Morgan fingerprint density at radius 2 is 1.04 bits per heavy atom. The van der Waals surface area contributed by atoms with E-state index < -0.39 is 6.29 Å². The van der Waals surface area contributed by atoms with E-state index in [1.807, 2.05) is 0 Å². The summed E-state index contributed by atoms with van der Waals surface area (Å²) >= 11 is 0. The molecule has 0 aliphatic heterocycles. The molecule has 1 atom stereocenters. The quantitative estimate of drug-likeness (QED) is 0.163. The first-order chi connectivity index (χ1) is 13.3. The van der Waals surface area contributed by atoms with Crippen LogP contribution in [-0.2, 0) is 9.84 Å². The Labute approximate surface area is 170 Å². The molecule has 0 aromatic carbocycles. The average molecular weight is 382 g/mol. The molecule has 0 heterocycles. The van der Waals surface area contributed by atoms with Crippen LogP contribution in [0, 0.1) is 5.92 Å². The van der Waals surface area contributed by atoms with Gasteiger partial charge in [0.25, 0.3) is 0 Å². The van der Waals surface area contributed by atoms with Gasteiger partial charge in [0, 0.05) is 12.5 Å². The van der Waals surface area contributed by atoms with E-state index >= 15 is 0 Å². The predicted octanol–water partition coefficient (Wildman–Crippen LogP) is 8.60. The van der Waals surface area contributed by atoms with Crippen molar-refractivity contribution in [3.05, 3.63) is 0 Å². The van der Waals surface area contributed by atoms with E-state index in [1.54, 1.807) is 0 Å². The van der Waals surface area contributed by atoms with Gasteiger partial charge in [-0.25, -0.2) is 5.11 Å². The molecule has 1 aliphatic rings. The molecule has 0 bridgehead atoms. The monoisotopic (exact) mass is 381 g/mol. The lowest BCUT2D eigenvalue weighted by Gasteiger charge is -2.24. The van der Waals surface area contributed by atoms with E-state index in [4.69, 9.17) is 4.74 Å². The molecule has 161 valence electrons. The maximum absolute atomic E-state index is 12.0. The van der Waals surface area contributed by atoms with Gasteiger partial charge in [-0.05, 0) is 19.3 Å². The molecular weight excluding hydrogens is 332 g/mol. The van der Waals surface area contributed by atoms with Crippen LogP contribution < -0.4 is 0 Å². The van der Waals surface area contributed by atoms with Crippen LogP contribution in [0.5, 0.6) is 0 Å². The van der Waals surface area contributed by atoms with Crippen LogP contribution in [0.2, 0.25) is 0 Å². The van der Waals surface area contributed by atoms with E-state index in [1.165, 1.54) is 116 Å². The zero-order chi connectivity index (χ0) is 19.4. The van der Waals surface area contributed by atoms with Gasteiger partial charge >= 0.3 is 0 Å². The highest BCUT2D eigenvalue weighted by molar-refractivity contribution is 4.67. The summed E-state index contributed by atoms with van der Waals surface area (Å²) in [5, 5.41) is 12.0. The summed E-state index contributed by atoms with van der Waals surface area (Å²) in [5.74, 6) is 0.291. The summed E-state index contributed by atoms with van der Waals surface area (Å²) in [6.07, 6.45) is 27.3. The molecule has 2 heteroatoms. The maximum Gasteiger partial charge on any atom is 0.194 e. The summed E-state index contributed by atoms with van der Waals surface area (Å²) in [6.45, 7) is 2.97. The highest BCUT2D eigenvalue weighted by Gasteiger charge is 2.23. The summed E-state index contributed by atoms with van der Waals surface area (Å²) in [4.78, 5) is 0. The lowest BCUT2D eigenvalue weighted by molar-refractivity contribution is -0.178. The van der Waals surface area contributed by atoms with Gasteiger partial charge < -0.3 is 4.74 Å². The maximum atomic E-state index is 12.0. The van der Waals surface area contributed by atoms with Gasteiger partial charge in [-0.2, -0.15) is 0 Å². The van der Waals surface area contributed by atoms with E-state index in [-0.39, 0.29) is 0 Å². The van der Waals surface area contributed by atoms with Crippen LogP contribution in [0.1, 0.15) is 142 Å². The van der Waals surface area contributed by atoms with Crippen LogP contribution in [-0.4, -0.2) is 12.9 Å². The van der Waals surface area contributed by atoms with Crippen molar-refractivity contribution in [1.82, 2.24) is 0 Å². The van der Waals surface area contributed by atoms with Gasteiger partial charge in [0.1, 0.15) is 0 Å². The third-order valence-electron chi connectivity index (χ3n) is 6.31. The van der Waals surface area contributed by atoms with Crippen LogP contribution in [0.25, 0.3) is 0 Å². The van der Waals surface area contributed by atoms with Gasteiger partial charge in [-0.1, -0.05) is 122 Å². The second-order valence-electron chi connectivity index (χ2n) is 8.94. The highest BCUT2D eigenvalue weighted by Crippen LogP contribution is 2.27. The molecule has 0 aromatic heterocycles. The highest BCUT2D eigenvalue weighted by atomic mass is 16.6. The Morgan fingerprint density at radius 3 is 1.48 bits per heavy atom. The molecule has 1 aliphatic carbocycles. The standard InChI is InChI=1S/C25H49O2/c1-2-3-4-5-6-7-8-9-10-11-12-13-14-15-16-20-23-27-25(26)24-21-18-17-19-22-24/h24-25H,2-23H2,1H3. The lowest BCUT2D eigenvalue weighted by atomic mass is 9.89. The lowest BCUT2D eigenvalue weighted by Crippen LogP contribution is -2.24. The minimum absolute atomic E-state index is 0.291. The minimum atomic E-state index is -0.748. The van der Waals surface area contributed by atoms with Crippen molar-refractivity contribution in [2.75, 3.05) is 6.61 Å². The number of ether oxygens (including phenoxy) is 1. The van der Waals surface area contributed by atoms with Gasteiger partial charge in [0.05, 0.1) is 0 Å². The molecule has 1 rings (SSSR count). The largest absolute Gasteiger partial charge is 0.349 e. The molecule has 1 fully saturated rings. The summed E-state index contributed by atoms with van der Waals surface area (Å²) in [7, 11) is 0. The molecule has 1 unspecified atom stereocenters. The Balaban J connectivity index is 1.71. The number of rotatable bonds is 19. The van der Waals surface area contributed by atoms with Crippen molar-refractivity contribution in [3.8, 4) is 0 Å². The first-order valence-corrected chi connectivity index (χ1v) is 12.6. The molecule has 0 aromatic rings. The van der Waals surface area contributed by atoms with E-state index in [0.29, 0.717) is 12.5 Å². The SMILES string of the molecule is CCCCCCCCCCCCCCCCCCOC([O])C1CCCCC1. The fraction of sp³-hybridized carbons (Fsp3) is 1.00. The average Bonchev–Trinajstić information content (AvgIpc) is 2.70. The second kappa shape index (κ2) is 19.2. The van der Waals surface area contributed by atoms with Gasteiger partial charge in [0.2, 0.25) is 0 Å². The van der Waals surface area contributed by atoms with E-state index in [2.05, 4.69) is 6.92 Å². The minimum Gasteiger partial charge on any atom is -0.349 e. The smallest absolute Gasteiger partial charge is 0.194 e. The van der Waals surface area contributed by atoms with Crippen molar-refractivity contribution in [1.29, 1.82) is 0 Å². The Hall–Kier alpha value is -0.0800. The fourth-order valence-electron chi connectivity index (χ4n) is 4.39. The van der Waals surface area contributed by atoms with Crippen molar-refractivity contribution < 1.29 is 9.84 Å². The predicted molar refractivity (Wildman–Crippen MR) is 117 cm³/mol. The summed E-state index contributed by atoms with van der Waals surface area (Å²) in [6, 6.07) is 0. The number of hydrogen-bond donors (Lipinski definition) is 0. The van der Waals surface area contributed by atoms with Gasteiger partial charge in [-0.15, -0.1) is 0 Å². The van der Waals surface area contributed by atoms with Gasteiger partial charge in [-0.3, -0.25) is 0 Å². The molecule has 0 spiro atoms. The van der Waals surface area contributed by atoms with Crippen molar-refractivity contribution in [2.24, 2.45) is 5.92 Å². The Bertz CT molecular complexity index is 286. The first kappa shape index (κ1) is 25.0. The van der Waals surface area contributed by atoms with Crippen LogP contribution in [0.3, 0.4) is 0 Å². The van der Waals surface area contributed by atoms with Gasteiger partial charge in [0.15, 0.2) is 6.29 Å². The zero-order valence-electron chi connectivity index (χ0n) is 18.5. The van der Waals surface area contributed by atoms with Crippen molar-refractivity contribution >= 4 is 0 Å². The molecule has 0 amide bonds. The first-order valence-electron chi connectivity index (χ1n) is 12.6. The van der Waals surface area contributed by atoms with Crippen LogP contribution >= 0.6 is 0 Å². The topological polar surface area (TPSA) is 29.1 Å². The molecule has 1 saturated carbocycles. The number of hydrogen-bond acceptors (Lipinski definition) is 1. The zero-order valence-corrected chi connectivity index (χ0v) is 18.5. The third-order valence-corrected chi connectivity index (χ3v) is 6.31. The number of unbranched alkanes of at least 4 members (excludes halogenated alkanes) is 15. The summed E-state index contributed by atoms with van der Waals surface area (Å²) in [5.41, 5.74) is 0. The Kier molecular flexibility index (Phi) is 17.8. The third kappa shape index (κ3) is 15.5. The van der Waals surface area contributed by atoms with Crippen LogP contribution in [0.4, 0.5) is 0 Å². The molecular formula is C25H49O2. The van der Waals surface area contributed by atoms with Crippen molar-refractivity contribution in [2.45, 2.75) is 148 Å². The Morgan fingerprint density at radius 1 is 0.630 bits per heavy atom. The molecule has 2 nitrogen and oxygen atoms in total. The second-order valence-corrected chi connectivity index (χ2v) is 8.94.